The molecule has 0 saturated heterocycles. The highest BCUT2D eigenvalue weighted by Crippen LogP contribution is 2.26. The van der Waals surface area contributed by atoms with Gasteiger partial charge >= 0.3 is 0 Å². The van der Waals surface area contributed by atoms with Gasteiger partial charge < -0.3 is 10.4 Å². The van der Waals surface area contributed by atoms with E-state index >= 15 is 0 Å². The van der Waals surface area contributed by atoms with E-state index in [0.29, 0.717) is 22.5 Å². The Morgan fingerprint density at radius 1 is 1.00 bits per heavy atom. The van der Waals surface area contributed by atoms with Gasteiger partial charge in [-0.2, -0.15) is 5.10 Å². The lowest BCUT2D eigenvalue weighted by Crippen LogP contribution is -2.28. The van der Waals surface area contributed by atoms with Crippen molar-refractivity contribution in [1.29, 1.82) is 0 Å². The number of aromatic amines is 1. The average Bonchev–Trinajstić information content (AvgIpc) is 3.28. The van der Waals surface area contributed by atoms with E-state index in [4.69, 9.17) is 0 Å². The van der Waals surface area contributed by atoms with Crippen LogP contribution in [0.2, 0.25) is 0 Å². The monoisotopic (exact) mass is 401 g/mol. The highest BCUT2D eigenvalue weighted by Gasteiger charge is 2.16. The third-order valence-corrected chi connectivity index (χ3v) is 4.82. The molecule has 0 spiro atoms. The van der Waals surface area contributed by atoms with Crippen LogP contribution in [0.5, 0.6) is 0 Å². The maximum absolute atomic E-state index is 13.2. The molecular weight excluding hydrogens is 381 g/mol. The zero-order valence-electron chi connectivity index (χ0n) is 16.0. The third-order valence-electron chi connectivity index (χ3n) is 4.82. The number of nitrogens with one attached hydrogen (secondary N) is 2. The van der Waals surface area contributed by atoms with Gasteiger partial charge in [0, 0.05) is 23.2 Å². The molecule has 0 fully saturated rings. The minimum atomic E-state index is -0.792. The summed E-state index contributed by atoms with van der Waals surface area (Å²) in [5.74, 6) is -0.604. The van der Waals surface area contributed by atoms with Crippen molar-refractivity contribution < 1.29 is 14.3 Å². The zero-order chi connectivity index (χ0) is 20.9. The highest BCUT2D eigenvalue weighted by atomic mass is 19.1. The predicted octanol–water partition coefficient (Wildman–Crippen LogP) is 4.35. The normalized spacial score (nSPS) is 11.8. The molecule has 0 saturated carbocycles. The van der Waals surface area contributed by atoms with Crippen LogP contribution in [0.3, 0.4) is 0 Å². The number of H-pyrrole nitrogens is 1. The topological polar surface area (TPSA) is 78.0 Å². The van der Waals surface area contributed by atoms with Crippen molar-refractivity contribution in [3.63, 3.8) is 0 Å². The second-order valence-electron chi connectivity index (χ2n) is 6.86. The van der Waals surface area contributed by atoms with Crippen molar-refractivity contribution in [2.45, 2.75) is 6.10 Å². The van der Waals surface area contributed by atoms with Gasteiger partial charge in [-0.25, -0.2) is 4.39 Å². The number of hydrogen-bond donors (Lipinski definition) is 3. The second kappa shape index (κ2) is 8.71. The molecule has 0 aliphatic carbocycles. The van der Waals surface area contributed by atoms with Crippen LogP contribution in [-0.2, 0) is 0 Å². The van der Waals surface area contributed by atoms with Gasteiger partial charge in [-0.1, -0.05) is 48.5 Å². The van der Waals surface area contributed by atoms with Gasteiger partial charge in [-0.3, -0.25) is 9.89 Å². The lowest BCUT2D eigenvalue weighted by Gasteiger charge is -2.13. The van der Waals surface area contributed by atoms with E-state index < -0.39 is 6.10 Å². The first-order chi connectivity index (χ1) is 14.6. The number of carbonyl (C=O) groups is 1. The minimum absolute atomic E-state index is 0.0982. The summed E-state index contributed by atoms with van der Waals surface area (Å²) in [5, 5.41) is 20.3. The molecule has 150 valence electrons. The molecule has 0 aliphatic rings. The van der Waals surface area contributed by atoms with E-state index in [1.54, 1.807) is 24.3 Å². The quantitative estimate of drug-likeness (QED) is 0.450. The Bertz CT molecular complexity index is 1140. The van der Waals surface area contributed by atoms with Crippen molar-refractivity contribution in [2.75, 3.05) is 6.54 Å². The molecule has 4 aromatic rings. The molecule has 4 rings (SSSR count). The van der Waals surface area contributed by atoms with Crippen molar-refractivity contribution >= 4 is 5.91 Å². The molecule has 0 aliphatic heterocycles. The van der Waals surface area contributed by atoms with E-state index in [-0.39, 0.29) is 18.3 Å². The molecule has 0 radical (unpaired) electrons. The number of hydrogen-bond acceptors (Lipinski definition) is 3. The number of amides is 1. The molecule has 3 aromatic carbocycles. The first-order valence-electron chi connectivity index (χ1n) is 9.54. The number of aromatic nitrogens is 2. The second-order valence-corrected chi connectivity index (χ2v) is 6.86. The molecule has 0 bridgehead atoms. The van der Waals surface area contributed by atoms with Crippen molar-refractivity contribution in [2.24, 2.45) is 0 Å². The van der Waals surface area contributed by atoms with Gasteiger partial charge in [0.1, 0.15) is 5.82 Å². The van der Waals surface area contributed by atoms with Gasteiger partial charge in [0.15, 0.2) is 0 Å². The Balaban J connectivity index is 1.53. The standard InChI is InChI=1S/C24H20FN3O2/c25-18-12-10-16(11-13-18)21-14-22(28-27-21)19-8-4-5-9-20(19)24(30)26-15-23(29)17-6-2-1-3-7-17/h1-14,23,29H,15H2,(H,26,30)(H,27,28)/t23-/m1/s1. The number of rotatable bonds is 6. The lowest BCUT2D eigenvalue weighted by molar-refractivity contribution is 0.0917. The van der Waals surface area contributed by atoms with Crippen molar-refractivity contribution in [3.8, 4) is 22.5 Å². The van der Waals surface area contributed by atoms with E-state index in [1.165, 1.54) is 12.1 Å². The van der Waals surface area contributed by atoms with Gasteiger partial charge in [0.25, 0.3) is 5.91 Å². The number of nitrogens with zero attached hydrogens (tertiary/aromatic N) is 1. The summed E-state index contributed by atoms with van der Waals surface area (Å²) in [5.41, 5.74) is 3.98. The number of benzene rings is 3. The fourth-order valence-corrected chi connectivity index (χ4v) is 3.22. The van der Waals surface area contributed by atoms with Crippen LogP contribution in [0.1, 0.15) is 22.0 Å². The van der Waals surface area contributed by atoms with Crippen LogP contribution in [0, 0.1) is 5.82 Å². The van der Waals surface area contributed by atoms with Crippen molar-refractivity contribution in [3.05, 3.63) is 102 Å². The number of aliphatic hydroxyl groups is 1. The third kappa shape index (κ3) is 4.29. The summed E-state index contributed by atoms with van der Waals surface area (Å²) in [4.78, 5) is 12.8. The van der Waals surface area contributed by atoms with Gasteiger partial charge in [-0.15, -0.1) is 0 Å². The van der Waals surface area contributed by atoms with Crippen LogP contribution in [-0.4, -0.2) is 27.8 Å². The van der Waals surface area contributed by atoms with Crippen molar-refractivity contribution in [1.82, 2.24) is 15.5 Å². The highest BCUT2D eigenvalue weighted by molar-refractivity contribution is 6.00. The Morgan fingerprint density at radius 3 is 2.47 bits per heavy atom. The predicted molar refractivity (Wildman–Crippen MR) is 113 cm³/mol. The lowest BCUT2D eigenvalue weighted by atomic mass is 10.0. The Kier molecular flexibility index (Phi) is 5.68. The summed E-state index contributed by atoms with van der Waals surface area (Å²) >= 11 is 0. The summed E-state index contributed by atoms with van der Waals surface area (Å²) < 4.78 is 13.2. The molecule has 0 unspecified atom stereocenters. The van der Waals surface area contributed by atoms with E-state index in [9.17, 15) is 14.3 Å². The molecule has 3 N–H and O–H groups in total. The molecule has 1 heterocycles. The maximum Gasteiger partial charge on any atom is 0.252 e. The van der Waals surface area contributed by atoms with Crippen LogP contribution in [0.4, 0.5) is 4.39 Å². The number of carbonyl (C=O) groups excluding carboxylic acids is 1. The summed E-state index contributed by atoms with van der Waals surface area (Å²) in [6, 6.07) is 24.2. The van der Waals surface area contributed by atoms with Crippen LogP contribution >= 0.6 is 0 Å². The average molecular weight is 401 g/mol. The van der Waals surface area contributed by atoms with Gasteiger partial charge in [0.05, 0.1) is 17.5 Å². The minimum Gasteiger partial charge on any atom is -0.387 e. The number of halogens is 1. The largest absolute Gasteiger partial charge is 0.387 e. The smallest absolute Gasteiger partial charge is 0.252 e. The first kappa shape index (κ1) is 19.5. The summed E-state index contributed by atoms with van der Waals surface area (Å²) in [6.45, 7) is 0.0982. The van der Waals surface area contributed by atoms with Crippen LogP contribution in [0.15, 0.2) is 84.9 Å². The molecule has 5 nitrogen and oxygen atoms in total. The number of aliphatic hydroxyl groups excluding tert-OH is 1. The van der Waals surface area contributed by atoms with Crippen LogP contribution < -0.4 is 5.32 Å². The zero-order valence-corrected chi connectivity index (χ0v) is 16.0. The Labute approximate surface area is 173 Å². The van der Waals surface area contributed by atoms with E-state index in [1.807, 2.05) is 48.5 Å². The molecule has 1 atom stereocenters. The fraction of sp³-hybridized carbons (Fsp3) is 0.0833. The van der Waals surface area contributed by atoms with E-state index in [2.05, 4.69) is 15.5 Å². The van der Waals surface area contributed by atoms with Gasteiger partial charge in [-0.05, 0) is 42.0 Å². The molecule has 1 aromatic heterocycles. The SMILES string of the molecule is O=C(NC[C@@H](O)c1ccccc1)c1ccccc1-c1cc(-c2ccc(F)cc2)n[nH]1. The van der Waals surface area contributed by atoms with Crippen LogP contribution in [0.25, 0.3) is 22.5 Å². The molecule has 1 amide bonds. The molecular formula is C24H20FN3O2. The molecule has 6 heteroatoms. The Morgan fingerprint density at radius 2 is 1.70 bits per heavy atom. The van der Waals surface area contributed by atoms with E-state index in [0.717, 1.165) is 11.1 Å². The first-order valence-corrected chi connectivity index (χ1v) is 9.54. The Hall–Kier alpha value is -3.77. The fourth-order valence-electron chi connectivity index (χ4n) is 3.22. The molecule has 30 heavy (non-hydrogen) atoms. The maximum atomic E-state index is 13.2. The summed E-state index contributed by atoms with van der Waals surface area (Å²) in [6.07, 6.45) is -0.792. The summed E-state index contributed by atoms with van der Waals surface area (Å²) in [7, 11) is 0. The van der Waals surface area contributed by atoms with Gasteiger partial charge in [0.2, 0.25) is 0 Å².